The van der Waals surface area contributed by atoms with E-state index < -0.39 is 6.04 Å². The van der Waals surface area contributed by atoms with Gasteiger partial charge in [-0.15, -0.1) is 0 Å². The molecular weight excluding hydrogens is 348 g/mol. The molecule has 8 heteroatoms. The predicted octanol–water partition coefficient (Wildman–Crippen LogP) is -0.474. The van der Waals surface area contributed by atoms with Gasteiger partial charge in [-0.25, -0.2) is 0 Å². The Kier molecular flexibility index (Phi) is 5.20. The zero-order chi connectivity index (χ0) is 18.8. The fourth-order valence-corrected chi connectivity index (χ4v) is 3.93. The summed E-state index contributed by atoms with van der Waals surface area (Å²) >= 11 is 0. The lowest BCUT2D eigenvalue weighted by Gasteiger charge is -2.29. The summed E-state index contributed by atoms with van der Waals surface area (Å²) in [7, 11) is 0. The molecular formula is C19H24N4O4. The molecule has 2 saturated heterocycles. The van der Waals surface area contributed by atoms with Crippen LogP contribution in [-0.4, -0.2) is 61.0 Å². The van der Waals surface area contributed by atoms with E-state index in [1.165, 1.54) is 0 Å². The first kappa shape index (κ1) is 18.1. The number of hydrogen-bond acceptors (Lipinski definition) is 6. The van der Waals surface area contributed by atoms with Crippen LogP contribution in [0.5, 0.6) is 0 Å². The molecule has 144 valence electrons. The summed E-state index contributed by atoms with van der Waals surface area (Å²) < 4.78 is 5.68. The molecule has 3 N–H and O–H groups in total. The lowest BCUT2D eigenvalue weighted by Crippen LogP contribution is -2.52. The van der Waals surface area contributed by atoms with Crippen molar-refractivity contribution in [3.8, 4) is 0 Å². The number of benzene rings is 1. The zero-order valence-corrected chi connectivity index (χ0v) is 15.1. The Bertz CT molecular complexity index is 760. The maximum atomic E-state index is 12.8. The first-order chi connectivity index (χ1) is 13.1. The fourth-order valence-electron chi connectivity index (χ4n) is 3.93. The van der Waals surface area contributed by atoms with Crippen molar-refractivity contribution < 1.29 is 19.1 Å². The molecule has 0 radical (unpaired) electrons. The van der Waals surface area contributed by atoms with E-state index in [1.807, 2.05) is 12.1 Å². The topological polar surface area (TPSA) is 99.8 Å². The molecule has 27 heavy (non-hydrogen) atoms. The van der Waals surface area contributed by atoms with Crippen molar-refractivity contribution in [1.82, 2.24) is 20.9 Å². The average Bonchev–Trinajstić information content (AvgIpc) is 3.00. The summed E-state index contributed by atoms with van der Waals surface area (Å²) in [6.45, 7) is 4.23. The van der Waals surface area contributed by atoms with Crippen molar-refractivity contribution in [2.45, 2.75) is 38.1 Å². The van der Waals surface area contributed by atoms with E-state index in [9.17, 15) is 14.4 Å². The summed E-state index contributed by atoms with van der Waals surface area (Å²) in [5.41, 5.74) is 2.66. The van der Waals surface area contributed by atoms with E-state index in [1.54, 1.807) is 11.0 Å². The Hall–Kier alpha value is -2.29. The Balaban J connectivity index is 1.42. The van der Waals surface area contributed by atoms with Crippen LogP contribution in [0.25, 0.3) is 0 Å². The summed E-state index contributed by atoms with van der Waals surface area (Å²) in [6.07, 6.45) is 0.793. The first-order valence-corrected chi connectivity index (χ1v) is 9.42. The van der Waals surface area contributed by atoms with Gasteiger partial charge in [-0.3, -0.25) is 19.7 Å². The molecule has 1 unspecified atom stereocenters. The highest BCUT2D eigenvalue weighted by molar-refractivity contribution is 6.05. The number of hydrogen-bond donors (Lipinski definition) is 3. The molecule has 3 aliphatic rings. The van der Waals surface area contributed by atoms with E-state index in [0.717, 1.165) is 37.4 Å². The van der Waals surface area contributed by atoms with E-state index in [-0.39, 0.29) is 30.2 Å². The van der Waals surface area contributed by atoms with Crippen molar-refractivity contribution in [2.75, 3.05) is 26.2 Å². The Morgan fingerprint density at radius 2 is 2.15 bits per heavy atom. The highest BCUT2D eigenvalue weighted by Gasteiger charge is 2.39. The van der Waals surface area contributed by atoms with E-state index in [0.29, 0.717) is 25.1 Å². The maximum Gasteiger partial charge on any atom is 0.255 e. The average molecular weight is 372 g/mol. The third-order valence-electron chi connectivity index (χ3n) is 5.37. The second-order valence-electron chi connectivity index (χ2n) is 7.17. The largest absolute Gasteiger partial charge is 0.374 e. The number of morpholine rings is 1. The molecule has 2 atom stereocenters. The van der Waals surface area contributed by atoms with Gasteiger partial charge in [0.15, 0.2) is 0 Å². The Labute approximate surface area is 157 Å². The van der Waals surface area contributed by atoms with Gasteiger partial charge in [-0.2, -0.15) is 0 Å². The minimum Gasteiger partial charge on any atom is -0.374 e. The summed E-state index contributed by atoms with van der Waals surface area (Å²) in [5, 5.41) is 9.04. The van der Waals surface area contributed by atoms with E-state index >= 15 is 0 Å². The fraction of sp³-hybridized carbons (Fsp3) is 0.526. The molecule has 3 amide bonds. The molecule has 0 spiro atoms. The minimum atomic E-state index is -0.579. The molecule has 3 aliphatic heterocycles. The van der Waals surface area contributed by atoms with Crippen molar-refractivity contribution in [3.05, 3.63) is 34.9 Å². The molecule has 0 bridgehead atoms. The van der Waals surface area contributed by atoms with Crippen LogP contribution in [0, 0.1) is 0 Å². The standard InChI is InChI=1S/C19H24N4O4/c24-17-5-4-16(18(25)22-17)23-11-15-12(2-1-3-14(15)19(23)26)8-21-10-13-9-20-6-7-27-13/h1-3,13,16,20-21H,4-11H2,(H,22,24,25)/t13-,16?/m1/s1. The van der Waals surface area contributed by atoms with E-state index in [2.05, 4.69) is 16.0 Å². The van der Waals surface area contributed by atoms with Gasteiger partial charge < -0.3 is 20.3 Å². The summed E-state index contributed by atoms with van der Waals surface area (Å²) in [5.74, 6) is -0.792. The van der Waals surface area contributed by atoms with Gasteiger partial charge in [0.25, 0.3) is 5.91 Å². The SMILES string of the molecule is O=C1CCC(N2Cc3c(CNC[C@H]4CNCCO4)cccc3C2=O)C(=O)N1. The van der Waals surface area contributed by atoms with Crippen molar-refractivity contribution in [1.29, 1.82) is 0 Å². The van der Waals surface area contributed by atoms with Gasteiger partial charge >= 0.3 is 0 Å². The third kappa shape index (κ3) is 3.73. The second kappa shape index (κ2) is 7.75. The number of carbonyl (C=O) groups excluding carboxylic acids is 3. The highest BCUT2D eigenvalue weighted by atomic mass is 16.5. The molecule has 1 aromatic rings. The molecule has 4 rings (SSSR count). The molecule has 8 nitrogen and oxygen atoms in total. The number of nitrogens with zero attached hydrogens (tertiary/aromatic N) is 1. The molecule has 3 heterocycles. The van der Waals surface area contributed by atoms with Crippen LogP contribution >= 0.6 is 0 Å². The first-order valence-electron chi connectivity index (χ1n) is 9.42. The molecule has 0 saturated carbocycles. The minimum absolute atomic E-state index is 0.138. The number of rotatable bonds is 5. The van der Waals surface area contributed by atoms with Crippen LogP contribution in [0.4, 0.5) is 0 Å². The van der Waals surface area contributed by atoms with Gasteiger partial charge in [0.1, 0.15) is 6.04 Å². The highest BCUT2D eigenvalue weighted by Crippen LogP contribution is 2.29. The van der Waals surface area contributed by atoms with Crippen LogP contribution in [0.1, 0.15) is 34.3 Å². The lowest BCUT2D eigenvalue weighted by atomic mass is 10.0. The molecule has 0 aliphatic carbocycles. The van der Waals surface area contributed by atoms with Crippen LogP contribution < -0.4 is 16.0 Å². The normalized spacial score (nSPS) is 25.5. The maximum absolute atomic E-state index is 12.8. The monoisotopic (exact) mass is 372 g/mol. The second-order valence-corrected chi connectivity index (χ2v) is 7.17. The molecule has 1 aromatic carbocycles. The number of nitrogens with one attached hydrogen (secondary N) is 3. The Morgan fingerprint density at radius 1 is 1.26 bits per heavy atom. The quantitative estimate of drug-likeness (QED) is 0.604. The number of fused-ring (bicyclic) bond motifs is 1. The van der Waals surface area contributed by atoms with Gasteiger partial charge in [-0.1, -0.05) is 12.1 Å². The zero-order valence-electron chi connectivity index (χ0n) is 15.1. The van der Waals surface area contributed by atoms with Gasteiger partial charge in [0.2, 0.25) is 11.8 Å². The van der Waals surface area contributed by atoms with Gasteiger partial charge in [0.05, 0.1) is 12.7 Å². The van der Waals surface area contributed by atoms with Gasteiger partial charge in [0, 0.05) is 44.7 Å². The number of ether oxygens (including phenoxy) is 1. The molecule has 0 aromatic heterocycles. The predicted molar refractivity (Wildman–Crippen MR) is 96.8 cm³/mol. The van der Waals surface area contributed by atoms with Gasteiger partial charge in [-0.05, 0) is 23.6 Å². The Morgan fingerprint density at radius 3 is 2.93 bits per heavy atom. The molecule has 2 fully saturated rings. The van der Waals surface area contributed by atoms with Crippen molar-refractivity contribution >= 4 is 17.7 Å². The van der Waals surface area contributed by atoms with Crippen molar-refractivity contribution in [2.24, 2.45) is 0 Å². The van der Waals surface area contributed by atoms with Crippen molar-refractivity contribution in [3.63, 3.8) is 0 Å². The smallest absolute Gasteiger partial charge is 0.255 e. The van der Waals surface area contributed by atoms with Crippen LogP contribution in [0.3, 0.4) is 0 Å². The van der Waals surface area contributed by atoms with Crippen LogP contribution in [0.2, 0.25) is 0 Å². The number of imide groups is 1. The summed E-state index contributed by atoms with van der Waals surface area (Å²) in [4.78, 5) is 37.9. The van der Waals surface area contributed by atoms with Crippen LogP contribution in [0.15, 0.2) is 18.2 Å². The third-order valence-corrected chi connectivity index (χ3v) is 5.37. The number of piperidine rings is 1. The lowest BCUT2D eigenvalue weighted by molar-refractivity contribution is -0.136. The number of amides is 3. The van der Waals surface area contributed by atoms with E-state index in [4.69, 9.17) is 4.74 Å². The number of carbonyl (C=O) groups is 3. The van der Waals surface area contributed by atoms with Crippen LogP contribution in [-0.2, 0) is 27.4 Å². The summed E-state index contributed by atoms with van der Waals surface area (Å²) in [6, 6.07) is 5.11.